The number of carbonyl (C=O) groups excluding carboxylic acids is 1. The Morgan fingerprint density at radius 3 is 2.41 bits per heavy atom. The SMILES string of the molecule is CCc1ccc(-n2nc(C(F)(F)F)cc2C(=O)C(C)C(C)c2cc(C(NCC3CC3)c3ccccc3)ccc2F)cc1C#N. The van der Waals surface area contributed by atoms with E-state index in [1.807, 2.05) is 37.3 Å². The van der Waals surface area contributed by atoms with Gasteiger partial charge in [-0.3, -0.25) is 4.79 Å². The first-order valence-corrected chi connectivity index (χ1v) is 14.8. The van der Waals surface area contributed by atoms with E-state index in [4.69, 9.17) is 0 Å². The fourth-order valence-electron chi connectivity index (χ4n) is 5.50. The molecule has 44 heavy (non-hydrogen) atoms. The van der Waals surface area contributed by atoms with Crippen molar-refractivity contribution in [3.63, 3.8) is 0 Å². The second-order valence-electron chi connectivity index (χ2n) is 11.5. The van der Waals surface area contributed by atoms with E-state index in [-0.39, 0.29) is 23.0 Å². The number of aromatic nitrogens is 2. The molecule has 0 radical (unpaired) electrons. The summed E-state index contributed by atoms with van der Waals surface area (Å²) in [6.07, 6.45) is -1.89. The molecule has 3 atom stereocenters. The van der Waals surface area contributed by atoms with Gasteiger partial charge in [0.2, 0.25) is 0 Å². The predicted molar refractivity (Wildman–Crippen MR) is 160 cm³/mol. The van der Waals surface area contributed by atoms with Gasteiger partial charge < -0.3 is 5.32 Å². The van der Waals surface area contributed by atoms with Gasteiger partial charge in [-0.25, -0.2) is 9.07 Å². The Hall–Kier alpha value is -4.29. The molecular formula is C35H34F4N4O. The van der Waals surface area contributed by atoms with E-state index >= 15 is 4.39 Å². The Bertz CT molecular complexity index is 1690. The monoisotopic (exact) mass is 602 g/mol. The van der Waals surface area contributed by atoms with Crippen LogP contribution in [-0.4, -0.2) is 22.1 Å². The molecule has 1 aromatic heterocycles. The molecule has 3 unspecified atom stereocenters. The van der Waals surface area contributed by atoms with E-state index in [2.05, 4.69) is 16.5 Å². The number of carbonyl (C=O) groups is 1. The highest BCUT2D eigenvalue weighted by Gasteiger charge is 2.38. The highest BCUT2D eigenvalue weighted by atomic mass is 19.4. The third-order valence-corrected chi connectivity index (χ3v) is 8.54. The number of ketones is 1. The third kappa shape index (κ3) is 6.61. The molecule has 1 saturated carbocycles. The first kappa shape index (κ1) is 31.1. The summed E-state index contributed by atoms with van der Waals surface area (Å²) in [4.78, 5) is 13.9. The number of halogens is 4. The van der Waals surface area contributed by atoms with Crippen LogP contribution in [-0.2, 0) is 12.6 Å². The van der Waals surface area contributed by atoms with Crippen LogP contribution in [0.3, 0.4) is 0 Å². The molecule has 228 valence electrons. The smallest absolute Gasteiger partial charge is 0.306 e. The van der Waals surface area contributed by atoms with Crippen LogP contribution in [0.4, 0.5) is 17.6 Å². The first-order valence-electron chi connectivity index (χ1n) is 14.8. The molecular weight excluding hydrogens is 568 g/mol. The lowest BCUT2D eigenvalue weighted by molar-refractivity contribution is -0.141. The zero-order chi connectivity index (χ0) is 31.6. The summed E-state index contributed by atoms with van der Waals surface area (Å²) in [7, 11) is 0. The van der Waals surface area contributed by atoms with Gasteiger partial charge in [-0.05, 0) is 78.1 Å². The van der Waals surface area contributed by atoms with Crippen LogP contribution in [0.25, 0.3) is 5.69 Å². The lowest BCUT2D eigenvalue weighted by Gasteiger charge is -2.24. The molecule has 0 amide bonds. The van der Waals surface area contributed by atoms with Crippen LogP contribution in [0.15, 0.2) is 72.8 Å². The summed E-state index contributed by atoms with van der Waals surface area (Å²) in [5, 5.41) is 16.9. The minimum atomic E-state index is -4.79. The zero-order valence-corrected chi connectivity index (χ0v) is 24.8. The number of aryl methyl sites for hydroxylation is 1. The Balaban J connectivity index is 1.50. The van der Waals surface area contributed by atoms with Crippen LogP contribution in [0.5, 0.6) is 0 Å². The number of nitrogens with one attached hydrogen (secondary N) is 1. The maximum Gasteiger partial charge on any atom is 0.435 e. The summed E-state index contributed by atoms with van der Waals surface area (Å²) < 4.78 is 57.7. The largest absolute Gasteiger partial charge is 0.435 e. The van der Waals surface area contributed by atoms with Crippen LogP contribution < -0.4 is 5.32 Å². The van der Waals surface area contributed by atoms with Crippen molar-refractivity contribution in [3.05, 3.63) is 118 Å². The van der Waals surface area contributed by atoms with Crippen LogP contribution in [0.1, 0.15) is 89.6 Å². The number of hydrogen-bond acceptors (Lipinski definition) is 4. The molecule has 1 aliphatic carbocycles. The van der Waals surface area contributed by atoms with Gasteiger partial charge in [0.05, 0.1) is 23.4 Å². The van der Waals surface area contributed by atoms with Gasteiger partial charge in [-0.1, -0.05) is 69.3 Å². The van der Waals surface area contributed by atoms with Gasteiger partial charge in [0.15, 0.2) is 11.5 Å². The standard InChI is InChI=1S/C35H34F4N4O/c1-4-24-12-14-28(16-27(24)19-40)43-31(18-32(42-43)35(37,38)39)34(44)22(3)21(2)29-17-26(13-15-30(29)36)33(41-20-23-10-11-23)25-8-6-5-7-9-25/h5-9,12-18,21-23,33,41H,4,10-11,20H2,1-3H3. The topological polar surface area (TPSA) is 70.7 Å². The molecule has 1 aliphatic rings. The summed E-state index contributed by atoms with van der Waals surface area (Å²) in [6, 6.07) is 21.9. The van der Waals surface area contributed by atoms with E-state index in [1.54, 1.807) is 38.1 Å². The number of alkyl halides is 3. The fraction of sp³-hybridized carbons (Fsp3) is 0.343. The number of rotatable bonds is 11. The van der Waals surface area contributed by atoms with Gasteiger partial charge in [0, 0.05) is 12.0 Å². The molecule has 0 saturated heterocycles. The van der Waals surface area contributed by atoms with Crippen molar-refractivity contribution >= 4 is 5.78 Å². The molecule has 0 bridgehead atoms. The number of nitrogens with zero attached hydrogens (tertiary/aromatic N) is 3. The van der Waals surface area contributed by atoms with Crippen LogP contribution >= 0.6 is 0 Å². The van der Waals surface area contributed by atoms with Crippen LogP contribution in [0, 0.1) is 29.0 Å². The number of nitriles is 1. The van der Waals surface area contributed by atoms with Crippen molar-refractivity contribution in [2.45, 2.75) is 58.2 Å². The molecule has 0 aliphatic heterocycles. The second-order valence-corrected chi connectivity index (χ2v) is 11.5. The van der Waals surface area contributed by atoms with E-state index in [1.165, 1.54) is 25.0 Å². The maximum absolute atomic E-state index is 15.4. The number of benzene rings is 3. The summed E-state index contributed by atoms with van der Waals surface area (Å²) >= 11 is 0. The molecule has 4 aromatic rings. The van der Waals surface area contributed by atoms with Crippen molar-refractivity contribution in [3.8, 4) is 11.8 Å². The van der Waals surface area contributed by atoms with Crippen molar-refractivity contribution in [2.24, 2.45) is 11.8 Å². The quantitative estimate of drug-likeness (QED) is 0.139. The normalized spacial score (nSPS) is 15.4. The minimum absolute atomic E-state index is 0.165. The number of Topliss-reactive ketones (excluding diaryl/α,β-unsaturated/α-hetero) is 1. The Morgan fingerprint density at radius 1 is 1.05 bits per heavy atom. The summed E-state index contributed by atoms with van der Waals surface area (Å²) in [5.41, 5.74) is 1.84. The van der Waals surface area contributed by atoms with Crippen molar-refractivity contribution in [1.29, 1.82) is 5.26 Å². The zero-order valence-electron chi connectivity index (χ0n) is 24.8. The molecule has 5 nitrogen and oxygen atoms in total. The van der Waals surface area contributed by atoms with Gasteiger partial charge in [-0.15, -0.1) is 0 Å². The van der Waals surface area contributed by atoms with E-state index in [0.717, 1.165) is 34.0 Å². The lowest BCUT2D eigenvalue weighted by Crippen LogP contribution is -2.25. The Labute approximate surface area is 254 Å². The van der Waals surface area contributed by atoms with Gasteiger partial charge >= 0.3 is 6.18 Å². The Kier molecular flexibility index (Phi) is 9.02. The van der Waals surface area contributed by atoms with E-state index < -0.39 is 35.3 Å². The fourth-order valence-corrected chi connectivity index (χ4v) is 5.50. The first-order chi connectivity index (χ1) is 21.0. The highest BCUT2D eigenvalue weighted by molar-refractivity contribution is 5.97. The number of hydrogen-bond donors (Lipinski definition) is 1. The highest BCUT2D eigenvalue weighted by Crippen LogP contribution is 2.36. The van der Waals surface area contributed by atoms with Gasteiger partial charge in [0.1, 0.15) is 11.5 Å². The minimum Gasteiger partial charge on any atom is -0.306 e. The van der Waals surface area contributed by atoms with Crippen molar-refractivity contribution in [2.75, 3.05) is 6.54 Å². The van der Waals surface area contributed by atoms with Crippen molar-refractivity contribution < 1.29 is 22.4 Å². The summed E-state index contributed by atoms with van der Waals surface area (Å²) in [6.45, 7) is 5.98. The lowest BCUT2D eigenvalue weighted by atomic mass is 9.83. The second kappa shape index (κ2) is 12.7. The van der Waals surface area contributed by atoms with E-state index in [0.29, 0.717) is 17.9 Å². The molecule has 0 spiro atoms. The maximum atomic E-state index is 15.4. The van der Waals surface area contributed by atoms with Gasteiger partial charge in [0.25, 0.3) is 0 Å². The predicted octanol–water partition coefficient (Wildman–Crippen LogP) is 8.18. The summed E-state index contributed by atoms with van der Waals surface area (Å²) in [5.74, 6) is -2.05. The average molecular weight is 603 g/mol. The van der Waals surface area contributed by atoms with E-state index in [9.17, 15) is 23.2 Å². The van der Waals surface area contributed by atoms with Crippen molar-refractivity contribution in [1.82, 2.24) is 15.1 Å². The molecule has 5 rings (SSSR count). The van der Waals surface area contributed by atoms with Crippen LogP contribution in [0.2, 0.25) is 0 Å². The molecule has 1 N–H and O–H groups in total. The molecule has 3 aromatic carbocycles. The molecule has 1 heterocycles. The van der Waals surface area contributed by atoms with Gasteiger partial charge in [-0.2, -0.15) is 23.5 Å². The average Bonchev–Trinajstić information content (AvgIpc) is 3.74. The Morgan fingerprint density at radius 2 is 1.77 bits per heavy atom. The molecule has 1 fully saturated rings. The molecule has 9 heteroatoms. The third-order valence-electron chi connectivity index (χ3n) is 8.54.